The molecule has 0 atom stereocenters. The van der Waals surface area contributed by atoms with E-state index in [0.29, 0.717) is 11.0 Å². The molecule has 0 aliphatic heterocycles. The first-order chi connectivity index (χ1) is 11.8. The predicted octanol–water partition coefficient (Wildman–Crippen LogP) is 4.02. The van der Waals surface area contributed by atoms with E-state index in [1.165, 1.54) is 23.1 Å². The monoisotopic (exact) mass is 407 g/mol. The number of hydrogen-bond donors (Lipinski definition) is 0. The number of carbonyl (C=O) groups excluding carboxylic acids is 2. The van der Waals surface area contributed by atoms with Crippen molar-refractivity contribution in [3.63, 3.8) is 0 Å². The summed E-state index contributed by atoms with van der Waals surface area (Å²) < 4.78 is 19.2. The summed E-state index contributed by atoms with van der Waals surface area (Å²) in [4.78, 5) is 25.5. The lowest BCUT2D eigenvalue weighted by molar-refractivity contribution is -0.133. The second-order valence-corrected chi connectivity index (χ2v) is 6.80. The number of ether oxygens (including phenoxy) is 1. The maximum atomic E-state index is 13.7. The van der Waals surface area contributed by atoms with Gasteiger partial charge in [0.2, 0.25) is 0 Å². The molecule has 0 fully saturated rings. The molecule has 0 bridgehead atoms. The molecule has 0 saturated heterocycles. The highest BCUT2D eigenvalue weighted by Gasteiger charge is 2.17. The molecule has 2 rings (SSSR count). The molecule has 0 spiro atoms. The number of halogens is 2. The minimum absolute atomic E-state index is 0.201. The highest BCUT2D eigenvalue weighted by atomic mass is 79.9. The van der Waals surface area contributed by atoms with Crippen molar-refractivity contribution in [1.82, 2.24) is 4.90 Å². The second kappa shape index (κ2) is 8.25. The Balaban J connectivity index is 1.93. The van der Waals surface area contributed by atoms with Gasteiger partial charge in [0.1, 0.15) is 5.82 Å². The van der Waals surface area contributed by atoms with Crippen LogP contribution in [0.15, 0.2) is 40.9 Å². The molecule has 0 unspecified atom stereocenters. The number of rotatable bonds is 5. The van der Waals surface area contributed by atoms with Gasteiger partial charge in [0, 0.05) is 18.1 Å². The minimum atomic E-state index is -0.863. The summed E-state index contributed by atoms with van der Waals surface area (Å²) in [5.41, 5.74) is 3.06. The second-order valence-electron chi connectivity index (χ2n) is 5.88. The van der Waals surface area contributed by atoms with Crippen LogP contribution in [-0.2, 0) is 16.1 Å². The zero-order valence-electron chi connectivity index (χ0n) is 14.3. The summed E-state index contributed by atoms with van der Waals surface area (Å²) in [6, 6.07) is 10.0. The Bertz CT molecular complexity index is 807. The molecule has 6 heteroatoms. The molecule has 25 heavy (non-hydrogen) atoms. The van der Waals surface area contributed by atoms with E-state index in [2.05, 4.69) is 15.9 Å². The van der Waals surface area contributed by atoms with Crippen LogP contribution in [0.2, 0.25) is 0 Å². The highest BCUT2D eigenvalue weighted by Crippen LogP contribution is 2.16. The molecule has 0 aliphatic carbocycles. The van der Waals surface area contributed by atoms with Gasteiger partial charge in [-0.25, -0.2) is 9.18 Å². The summed E-state index contributed by atoms with van der Waals surface area (Å²) in [5.74, 6) is -1.92. The van der Waals surface area contributed by atoms with Crippen molar-refractivity contribution in [2.75, 3.05) is 13.7 Å². The summed E-state index contributed by atoms with van der Waals surface area (Å²) in [5, 5.41) is 0. The van der Waals surface area contributed by atoms with Gasteiger partial charge in [-0.2, -0.15) is 0 Å². The Morgan fingerprint density at radius 1 is 1.16 bits per heavy atom. The van der Waals surface area contributed by atoms with Crippen LogP contribution >= 0.6 is 15.9 Å². The largest absolute Gasteiger partial charge is 0.452 e. The number of hydrogen-bond acceptors (Lipinski definition) is 3. The van der Waals surface area contributed by atoms with Gasteiger partial charge in [0.05, 0.1) is 5.56 Å². The normalized spacial score (nSPS) is 10.4. The lowest BCUT2D eigenvalue weighted by atomic mass is 10.1. The van der Waals surface area contributed by atoms with Crippen LogP contribution in [0, 0.1) is 19.7 Å². The minimum Gasteiger partial charge on any atom is -0.452 e. The molecular formula is C19H19BrFNO3. The number of aryl methyl sites for hydroxylation is 2. The van der Waals surface area contributed by atoms with Crippen molar-refractivity contribution in [1.29, 1.82) is 0 Å². The summed E-state index contributed by atoms with van der Waals surface area (Å²) in [6.45, 7) is 3.97. The van der Waals surface area contributed by atoms with Crippen LogP contribution in [-0.4, -0.2) is 30.4 Å². The van der Waals surface area contributed by atoms with Crippen LogP contribution < -0.4 is 0 Å². The van der Waals surface area contributed by atoms with E-state index < -0.39 is 18.4 Å². The quantitative estimate of drug-likeness (QED) is 0.703. The van der Waals surface area contributed by atoms with Gasteiger partial charge in [-0.05, 0) is 43.2 Å². The van der Waals surface area contributed by atoms with E-state index in [4.69, 9.17) is 4.74 Å². The van der Waals surface area contributed by atoms with Gasteiger partial charge in [-0.15, -0.1) is 0 Å². The van der Waals surface area contributed by atoms with Crippen LogP contribution in [0.4, 0.5) is 4.39 Å². The average Bonchev–Trinajstić information content (AvgIpc) is 2.54. The third-order valence-electron chi connectivity index (χ3n) is 3.81. The van der Waals surface area contributed by atoms with Gasteiger partial charge in [0.25, 0.3) is 5.91 Å². The van der Waals surface area contributed by atoms with E-state index in [1.807, 2.05) is 32.0 Å². The van der Waals surface area contributed by atoms with E-state index in [0.717, 1.165) is 16.7 Å². The standard InChI is InChI=1S/C19H19BrFNO3/c1-12-4-5-14(13(2)8-12)10-22(3)18(23)11-25-19(24)16-7-6-15(20)9-17(16)21/h4-9H,10-11H2,1-3H3. The Kier molecular flexibility index (Phi) is 6.31. The molecule has 4 nitrogen and oxygen atoms in total. The SMILES string of the molecule is Cc1ccc(CN(C)C(=O)COC(=O)c2ccc(Br)cc2F)c(C)c1. The van der Waals surface area contributed by atoms with Gasteiger partial charge >= 0.3 is 5.97 Å². The Hall–Kier alpha value is -2.21. The lowest BCUT2D eigenvalue weighted by Gasteiger charge is -2.18. The maximum absolute atomic E-state index is 13.7. The number of amides is 1. The molecule has 1 amide bonds. The van der Waals surface area contributed by atoms with Gasteiger partial charge < -0.3 is 9.64 Å². The fraction of sp³-hybridized carbons (Fsp3) is 0.263. The summed E-state index contributed by atoms with van der Waals surface area (Å²) >= 11 is 3.12. The van der Waals surface area contributed by atoms with Gasteiger partial charge in [-0.1, -0.05) is 39.7 Å². The van der Waals surface area contributed by atoms with Crippen LogP contribution in [0.3, 0.4) is 0 Å². The fourth-order valence-corrected chi connectivity index (χ4v) is 2.67. The fourth-order valence-electron chi connectivity index (χ4n) is 2.34. The van der Waals surface area contributed by atoms with E-state index in [9.17, 15) is 14.0 Å². The first-order valence-corrected chi connectivity index (χ1v) is 8.49. The van der Waals surface area contributed by atoms with Crippen molar-refractivity contribution in [3.05, 3.63) is 68.9 Å². The molecule has 0 saturated carbocycles. The maximum Gasteiger partial charge on any atom is 0.341 e. The van der Waals surface area contributed by atoms with Gasteiger partial charge in [0.15, 0.2) is 6.61 Å². The molecule has 0 N–H and O–H groups in total. The number of nitrogens with zero attached hydrogens (tertiary/aromatic N) is 1. The number of carbonyl (C=O) groups is 2. The Morgan fingerprint density at radius 2 is 1.88 bits per heavy atom. The average molecular weight is 408 g/mol. The lowest BCUT2D eigenvalue weighted by Crippen LogP contribution is -2.31. The Labute approximate surface area is 154 Å². The number of esters is 1. The third-order valence-corrected chi connectivity index (χ3v) is 4.30. The first-order valence-electron chi connectivity index (χ1n) is 7.70. The molecule has 0 radical (unpaired) electrons. The van der Waals surface area contributed by atoms with Crippen molar-refractivity contribution in [2.45, 2.75) is 20.4 Å². The molecule has 132 valence electrons. The van der Waals surface area contributed by atoms with Crippen molar-refractivity contribution < 1.29 is 18.7 Å². The molecule has 0 heterocycles. The smallest absolute Gasteiger partial charge is 0.341 e. The summed E-state index contributed by atoms with van der Waals surface area (Å²) in [6.07, 6.45) is 0. The topological polar surface area (TPSA) is 46.6 Å². The van der Waals surface area contributed by atoms with E-state index in [1.54, 1.807) is 7.05 Å². The molecular weight excluding hydrogens is 389 g/mol. The third kappa shape index (κ3) is 5.13. The molecule has 0 aromatic heterocycles. The number of benzene rings is 2. The molecule has 2 aromatic carbocycles. The molecule has 2 aromatic rings. The molecule has 0 aliphatic rings. The van der Waals surface area contributed by atoms with Crippen LogP contribution in [0.1, 0.15) is 27.0 Å². The van der Waals surface area contributed by atoms with Gasteiger partial charge in [-0.3, -0.25) is 4.79 Å². The van der Waals surface area contributed by atoms with Crippen LogP contribution in [0.5, 0.6) is 0 Å². The number of likely N-dealkylation sites (N-methyl/N-ethyl adjacent to an activating group) is 1. The van der Waals surface area contributed by atoms with Crippen molar-refractivity contribution in [3.8, 4) is 0 Å². The predicted molar refractivity (Wildman–Crippen MR) is 96.8 cm³/mol. The Morgan fingerprint density at radius 3 is 2.52 bits per heavy atom. The van der Waals surface area contributed by atoms with Crippen LogP contribution in [0.25, 0.3) is 0 Å². The van der Waals surface area contributed by atoms with E-state index >= 15 is 0 Å². The van der Waals surface area contributed by atoms with E-state index in [-0.39, 0.29) is 11.5 Å². The van der Waals surface area contributed by atoms with Crippen molar-refractivity contribution >= 4 is 27.8 Å². The summed E-state index contributed by atoms with van der Waals surface area (Å²) in [7, 11) is 1.63. The van der Waals surface area contributed by atoms with Crippen molar-refractivity contribution in [2.24, 2.45) is 0 Å². The highest BCUT2D eigenvalue weighted by molar-refractivity contribution is 9.10. The zero-order valence-corrected chi connectivity index (χ0v) is 15.9. The first kappa shape index (κ1) is 19.1. The zero-order chi connectivity index (χ0) is 18.6.